The minimum Gasteiger partial charge on any atom is -0.352 e. The van der Waals surface area contributed by atoms with Crippen molar-refractivity contribution in [2.24, 2.45) is 0 Å². The lowest BCUT2D eigenvalue weighted by Crippen LogP contribution is -2.43. The predicted molar refractivity (Wildman–Crippen MR) is 187 cm³/mol. The molecule has 0 aliphatic carbocycles. The normalized spacial score (nSPS) is 16.9. The number of rotatable bonds is 4. The Labute approximate surface area is 259 Å². The Bertz CT molecular complexity index is 2350. The van der Waals surface area contributed by atoms with Crippen molar-refractivity contribution in [2.75, 3.05) is 0 Å². The fourth-order valence-electron chi connectivity index (χ4n) is 6.83. The van der Waals surface area contributed by atoms with Gasteiger partial charge in [0.15, 0.2) is 6.29 Å². The average molecular weight is 584 g/mol. The number of para-hydroxylation sites is 1. The molecule has 0 bridgehead atoms. The second-order valence-electron chi connectivity index (χ2n) is 11.4. The van der Waals surface area contributed by atoms with Crippen LogP contribution < -0.4 is 10.6 Å². The Morgan fingerprint density at radius 3 is 2.11 bits per heavy atom. The van der Waals surface area contributed by atoms with E-state index in [2.05, 4.69) is 167 Å². The molecule has 0 fully saturated rings. The van der Waals surface area contributed by atoms with Gasteiger partial charge in [0.25, 0.3) is 0 Å². The van der Waals surface area contributed by atoms with Crippen LogP contribution in [0.4, 0.5) is 0 Å². The van der Waals surface area contributed by atoms with Gasteiger partial charge in [-0.2, -0.15) is 0 Å². The second-order valence-corrected chi connectivity index (χ2v) is 12.5. The molecule has 0 radical (unpaired) electrons. The lowest BCUT2D eigenvalue weighted by molar-refractivity contribution is 0.350. The maximum atomic E-state index is 3.92. The van der Waals surface area contributed by atoms with Crippen LogP contribution in [0, 0.1) is 0 Å². The standard InChI is InChI=1S/C40H29N3S/c1-3-12-26(13-4-1)34-25-35(27-14-5-2-6-15-27)42-40(41-34)43-36-20-9-7-16-30(36)33-24-28(22-23-37(33)43)29-18-11-19-32-31-17-8-10-21-38(31)44-39(29)32/h1-25,34,40-42H. The van der Waals surface area contributed by atoms with Gasteiger partial charge < -0.3 is 9.88 Å². The summed E-state index contributed by atoms with van der Waals surface area (Å²) in [5, 5.41) is 12.9. The van der Waals surface area contributed by atoms with Gasteiger partial charge in [-0.25, -0.2) is 0 Å². The van der Waals surface area contributed by atoms with Gasteiger partial charge in [0.05, 0.1) is 17.1 Å². The molecule has 1 aliphatic heterocycles. The summed E-state index contributed by atoms with van der Waals surface area (Å²) in [5.74, 6) is 0. The van der Waals surface area contributed by atoms with E-state index in [4.69, 9.17) is 0 Å². The molecule has 8 aromatic rings. The lowest BCUT2D eigenvalue weighted by Gasteiger charge is -2.34. The van der Waals surface area contributed by atoms with Crippen molar-refractivity contribution in [3.8, 4) is 11.1 Å². The highest BCUT2D eigenvalue weighted by atomic mass is 32.1. The van der Waals surface area contributed by atoms with E-state index in [1.165, 1.54) is 64.2 Å². The van der Waals surface area contributed by atoms with Gasteiger partial charge in [-0.3, -0.25) is 5.32 Å². The zero-order valence-corrected chi connectivity index (χ0v) is 24.8. The Hall–Kier alpha value is -5.16. The maximum Gasteiger partial charge on any atom is 0.160 e. The molecular weight excluding hydrogens is 555 g/mol. The first-order valence-corrected chi connectivity index (χ1v) is 15.9. The molecule has 1 aliphatic rings. The van der Waals surface area contributed by atoms with Crippen LogP contribution in [0.25, 0.3) is 58.8 Å². The summed E-state index contributed by atoms with van der Waals surface area (Å²) in [6.45, 7) is 0. The summed E-state index contributed by atoms with van der Waals surface area (Å²) in [5.41, 5.74) is 8.48. The van der Waals surface area contributed by atoms with Crippen LogP contribution in [-0.4, -0.2) is 4.57 Å². The summed E-state index contributed by atoms with van der Waals surface area (Å²) < 4.78 is 5.11. The molecule has 2 atom stereocenters. The van der Waals surface area contributed by atoms with Crippen LogP contribution in [0.1, 0.15) is 23.5 Å². The molecule has 9 rings (SSSR count). The van der Waals surface area contributed by atoms with E-state index in [1.54, 1.807) is 0 Å². The summed E-state index contributed by atoms with van der Waals surface area (Å²) in [6, 6.07) is 52.6. The van der Waals surface area contributed by atoms with E-state index in [0.29, 0.717) is 0 Å². The first-order valence-electron chi connectivity index (χ1n) is 15.1. The topological polar surface area (TPSA) is 29.0 Å². The third-order valence-corrected chi connectivity index (χ3v) is 10.1. The monoisotopic (exact) mass is 583 g/mol. The SMILES string of the molecule is C1=C(c2ccccc2)NC(n2c3ccccc3c3cc(-c4cccc5c4sc4ccccc45)ccc32)NC1c1ccccc1. The third-order valence-electron chi connectivity index (χ3n) is 8.89. The van der Waals surface area contributed by atoms with Crippen molar-refractivity contribution in [1.29, 1.82) is 0 Å². The maximum absolute atomic E-state index is 3.92. The minimum atomic E-state index is -0.153. The highest BCUT2D eigenvalue weighted by Gasteiger charge is 2.27. The predicted octanol–water partition coefficient (Wildman–Crippen LogP) is 10.3. The molecule has 0 saturated carbocycles. The highest BCUT2D eigenvalue weighted by Crippen LogP contribution is 2.42. The van der Waals surface area contributed by atoms with Gasteiger partial charge >= 0.3 is 0 Å². The van der Waals surface area contributed by atoms with Crippen molar-refractivity contribution < 1.29 is 0 Å². The van der Waals surface area contributed by atoms with Gasteiger partial charge in [0.1, 0.15) is 0 Å². The van der Waals surface area contributed by atoms with Crippen molar-refractivity contribution in [3.05, 3.63) is 163 Å². The molecule has 4 heteroatoms. The molecule has 44 heavy (non-hydrogen) atoms. The Kier molecular flexibility index (Phi) is 5.90. The Balaban J connectivity index is 1.22. The van der Waals surface area contributed by atoms with Crippen LogP contribution in [0.3, 0.4) is 0 Å². The van der Waals surface area contributed by atoms with E-state index in [-0.39, 0.29) is 12.3 Å². The fraction of sp³-hybridized carbons (Fsp3) is 0.0500. The van der Waals surface area contributed by atoms with Gasteiger partial charge in [-0.15, -0.1) is 11.3 Å². The zero-order chi connectivity index (χ0) is 29.0. The molecule has 0 amide bonds. The molecule has 3 heterocycles. The van der Waals surface area contributed by atoms with Crippen LogP contribution in [0.2, 0.25) is 0 Å². The molecular formula is C40H29N3S. The number of hydrogen-bond acceptors (Lipinski definition) is 3. The van der Waals surface area contributed by atoms with Gasteiger partial charge in [0.2, 0.25) is 0 Å². The Morgan fingerprint density at radius 1 is 0.545 bits per heavy atom. The number of benzene rings is 6. The van der Waals surface area contributed by atoms with Crippen LogP contribution in [0.15, 0.2) is 152 Å². The van der Waals surface area contributed by atoms with Crippen molar-refractivity contribution in [3.63, 3.8) is 0 Å². The first-order chi connectivity index (χ1) is 21.8. The van der Waals surface area contributed by atoms with E-state index in [9.17, 15) is 0 Å². The largest absolute Gasteiger partial charge is 0.352 e. The molecule has 210 valence electrons. The highest BCUT2D eigenvalue weighted by molar-refractivity contribution is 7.26. The lowest BCUT2D eigenvalue weighted by atomic mass is 10.0. The average Bonchev–Trinajstić information content (AvgIpc) is 3.64. The molecule has 3 nitrogen and oxygen atoms in total. The van der Waals surface area contributed by atoms with Crippen molar-refractivity contribution >= 4 is 59.0 Å². The quantitative estimate of drug-likeness (QED) is 0.216. The molecule has 6 aromatic carbocycles. The fourth-order valence-corrected chi connectivity index (χ4v) is 8.07. The number of thiophene rings is 1. The smallest absolute Gasteiger partial charge is 0.160 e. The van der Waals surface area contributed by atoms with Gasteiger partial charge in [-0.1, -0.05) is 121 Å². The van der Waals surface area contributed by atoms with Crippen LogP contribution in [0.5, 0.6) is 0 Å². The van der Waals surface area contributed by atoms with E-state index in [1.807, 2.05) is 11.3 Å². The zero-order valence-electron chi connectivity index (χ0n) is 23.9. The number of nitrogens with zero attached hydrogens (tertiary/aromatic N) is 1. The van der Waals surface area contributed by atoms with Crippen molar-refractivity contribution in [2.45, 2.75) is 12.3 Å². The molecule has 2 N–H and O–H groups in total. The van der Waals surface area contributed by atoms with Gasteiger partial charge in [0, 0.05) is 36.6 Å². The number of aromatic nitrogens is 1. The summed E-state index contributed by atoms with van der Waals surface area (Å²) in [4.78, 5) is 0. The van der Waals surface area contributed by atoms with Gasteiger partial charge in [-0.05, 0) is 52.6 Å². The van der Waals surface area contributed by atoms with E-state index >= 15 is 0 Å². The van der Waals surface area contributed by atoms with Crippen LogP contribution >= 0.6 is 11.3 Å². The number of nitrogens with one attached hydrogen (secondary N) is 2. The number of hydrogen-bond donors (Lipinski definition) is 2. The van der Waals surface area contributed by atoms with Crippen molar-refractivity contribution in [1.82, 2.24) is 15.2 Å². The second kappa shape index (κ2) is 10.2. The summed E-state index contributed by atoms with van der Waals surface area (Å²) in [7, 11) is 0. The van der Waals surface area contributed by atoms with E-state index in [0.717, 1.165) is 5.70 Å². The Morgan fingerprint density at radius 2 is 1.25 bits per heavy atom. The van der Waals surface area contributed by atoms with Crippen LogP contribution in [-0.2, 0) is 0 Å². The third kappa shape index (κ3) is 4.07. The molecule has 2 unspecified atom stereocenters. The number of fused-ring (bicyclic) bond motifs is 6. The molecule has 0 saturated heterocycles. The molecule has 0 spiro atoms. The summed E-state index contributed by atoms with van der Waals surface area (Å²) >= 11 is 1.88. The molecule has 2 aromatic heterocycles. The first kappa shape index (κ1) is 25.3. The van der Waals surface area contributed by atoms with E-state index < -0.39 is 0 Å². The summed E-state index contributed by atoms with van der Waals surface area (Å²) in [6.07, 6.45) is 2.15. The minimum absolute atomic E-state index is 0.0544.